The Hall–Kier alpha value is -1.98. The van der Waals surface area contributed by atoms with Gasteiger partial charge in [-0.3, -0.25) is 9.36 Å². The van der Waals surface area contributed by atoms with Crippen LogP contribution in [0.2, 0.25) is 0 Å². The molecule has 0 bridgehead atoms. The van der Waals surface area contributed by atoms with Gasteiger partial charge >= 0.3 is 0 Å². The van der Waals surface area contributed by atoms with E-state index in [9.17, 15) is 4.79 Å². The molecule has 3 rings (SSSR count). The molecule has 0 aliphatic carbocycles. The van der Waals surface area contributed by atoms with Gasteiger partial charge in [-0.25, -0.2) is 0 Å². The molecular formula is C20H19BrN2OS. The van der Waals surface area contributed by atoms with Crippen LogP contribution < -0.4 is 4.80 Å². The summed E-state index contributed by atoms with van der Waals surface area (Å²) < 4.78 is 3.08. The molecule has 3 nitrogen and oxygen atoms in total. The largest absolute Gasteiger partial charge is 0.285 e. The van der Waals surface area contributed by atoms with E-state index in [2.05, 4.69) is 69.6 Å². The van der Waals surface area contributed by atoms with Crippen molar-refractivity contribution in [3.8, 4) is 16.9 Å². The van der Waals surface area contributed by atoms with Crippen LogP contribution >= 0.6 is 27.3 Å². The third kappa shape index (κ3) is 3.99. The standard InChI is InChI=1S/C20H19BrN2OS/c1-13(2)19(24)22-20-23(17-10-4-14(3)5-11-17)18(12-25-20)15-6-8-16(21)9-7-15/h4-13H,1-3H3. The molecular weight excluding hydrogens is 396 g/mol. The molecule has 2 aromatic carbocycles. The zero-order valence-corrected chi connectivity index (χ0v) is 16.8. The van der Waals surface area contributed by atoms with Gasteiger partial charge in [0.1, 0.15) is 0 Å². The van der Waals surface area contributed by atoms with Gasteiger partial charge in [-0.2, -0.15) is 4.99 Å². The van der Waals surface area contributed by atoms with Crippen LogP contribution in [-0.2, 0) is 4.79 Å². The molecule has 0 spiro atoms. The molecule has 3 aromatic rings. The number of hydrogen-bond donors (Lipinski definition) is 0. The molecule has 0 fully saturated rings. The smallest absolute Gasteiger partial charge is 0.250 e. The molecule has 0 aliphatic rings. The summed E-state index contributed by atoms with van der Waals surface area (Å²) in [6.07, 6.45) is 0. The van der Waals surface area contributed by atoms with Crippen molar-refractivity contribution in [3.05, 3.63) is 68.7 Å². The first-order valence-electron chi connectivity index (χ1n) is 8.08. The van der Waals surface area contributed by atoms with E-state index in [1.165, 1.54) is 16.9 Å². The Morgan fingerprint density at radius 2 is 1.72 bits per heavy atom. The van der Waals surface area contributed by atoms with Crippen molar-refractivity contribution in [2.45, 2.75) is 20.8 Å². The van der Waals surface area contributed by atoms with Crippen LogP contribution in [0.4, 0.5) is 0 Å². The SMILES string of the molecule is Cc1ccc(-n2c(-c3ccc(Br)cc3)csc2=NC(=O)C(C)C)cc1. The van der Waals surface area contributed by atoms with Gasteiger partial charge in [0.05, 0.1) is 5.69 Å². The zero-order valence-electron chi connectivity index (χ0n) is 14.4. The van der Waals surface area contributed by atoms with Gasteiger partial charge in [0.15, 0.2) is 4.80 Å². The number of halogens is 1. The molecule has 1 amide bonds. The van der Waals surface area contributed by atoms with Gasteiger partial charge in [-0.1, -0.05) is 59.6 Å². The first-order valence-corrected chi connectivity index (χ1v) is 9.75. The second-order valence-electron chi connectivity index (χ2n) is 6.19. The molecule has 0 N–H and O–H groups in total. The highest BCUT2D eigenvalue weighted by Crippen LogP contribution is 2.25. The molecule has 5 heteroatoms. The van der Waals surface area contributed by atoms with E-state index in [1.807, 2.05) is 30.5 Å². The predicted octanol–water partition coefficient (Wildman–Crippen LogP) is 5.36. The molecule has 0 atom stereocenters. The Morgan fingerprint density at radius 1 is 1.08 bits per heavy atom. The molecule has 0 saturated heterocycles. The van der Waals surface area contributed by atoms with Gasteiger partial charge < -0.3 is 0 Å². The van der Waals surface area contributed by atoms with Crippen molar-refractivity contribution in [3.63, 3.8) is 0 Å². The normalized spacial score (nSPS) is 12.0. The van der Waals surface area contributed by atoms with Crippen LogP contribution in [0.15, 0.2) is 63.4 Å². The summed E-state index contributed by atoms with van der Waals surface area (Å²) in [5, 5.41) is 2.05. The minimum Gasteiger partial charge on any atom is -0.285 e. The number of aryl methyl sites for hydroxylation is 1. The van der Waals surface area contributed by atoms with E-state index in [1.54, 1.807) is 0 Å². The highest BCUT2D eigenvalue weighted by atomic mass is 79.9. The zero-order chi connectivity index (χ0) is 18.0. The number of nitrogens with zero attached hydrogens (tertiary/aromatic N) is 2. The minimum absolute atomic E-state index is 0.106. The summed E-state index contributed by atoms with van der Waals surface area (Å²) in [4.78, 5) is 17.2. The van der Waals surface area contributed by atoms with Crippen molar-refractivity contribution >= 4 is 33.2 Å². The molecule has 1 heterocycles. The second-order valence-corrected chi connectivity index (χ2v) is 7.94. The van der Waals surface area contributed by atoms with Gasteiger partial charge in [0.2, 0.25) is 0 Å². The first-order chi connectivity index (χ1) is 12.0. The summed E-state index contributed by atoms with van der Waals surface area (Å²) >= 11 is 4.96. The van der Waals surface area contributed by atoms with Crippen molar-refractivity contribution in [2.75, 3.05) is 0 Å². The maximum Gasteiger partial charge on any atom is 0.250 e. The lowest BCUT2D eigenvalue weighted by Crippen LogP contribution is -2.18. The fourth-order valence-electron chi connectivity index (χ4n) is 2.38. The van der Waals surface area contributed by atoms with Gasteiger partial charge in [-0.05, 0) is 36.8 Å². The van der Waals surface area contributed by atoms with Crippen molar-refractivity contribution in [2.24, 2.45) is 10.9 Å². The number of aromatic nitrogens is 1. The van der Waals surface area contributed by atoms with E-state index < -0.39 is 0 Å². The lowest BCUT2D eigenvalue weighted by molar-refractivity contribution is -0.120. The lowest BCUT2D eigenvalue weighted by atomic mass is 10.1. The van der Waals surface area contributed by atoms with E-state index in [0.29, 0.717) is 4.80 Å². The highest BCUT2D eigenvalue weighted by molar-refractivity contribution is 9.10. The Morgan fingerprint density at radius 3 is 2.32 bits per heavy atom. The highest BCUT2D eigenvalue weighted by Gasteiger charge is 2.12. The van der Waals surface area contributed by atoms with E-state index >= 15 is 0 Å². The van der Waals surface area contributed by atoms with E-state index in [-0.39, 0.29) is 11.8 Å². The van der Waals surface area contributed by atoms with Gasteiger partial charge in [0, 0.05) is 21.5 Å². The number of thiazole rings is 1. The summed E-state index contributed by atoms with van der Waals surface area (Å²) in [6.45, 7) is 5.79. The second kappa shape index (κ2) is 7.50. The molecule has 1 aromatic heterocycles. The molecule has 0 saturated carbocycles. The number of rotatable bonds is 3. The Bertz CT molecular complexity index is 951. The average molecular weight is 415 g/mol. The fourth-order valence-corrected chi connectivity index (χ4v) is 3.55. The topological polar surface area (TPSA) is 34.4 Å². The Kier molecular flexibility index (Phi) is 5.35. The quantitative estimate of drug-likeness (QED) is 0.567. The summed E-state index contributed by atoms with van der Waals surface area (Å²) in [7, 11) is 0. The van der Waals surface area contributed by atoms with Crippen molar-refractivity contribution in [1.29, 1.82) is 0 Å². The van der Waals surface area contributed by atoms with E-state index in [4.69, 9.17) is 0 Å². The van der Waals surface area contributed by atoms with Gasteiger partial charge in [-0.15, -0.1) is 11.3 Å². The molecule has 0 radical (unpaired) electrons. The third-order valence-corrected chi connectivity index (χ3v) is 5.19. The van der Waals surface area contributed by atoms with Crippen molar-refractivity contribution < 1.29 is 4.79 Å². The predicted molar refractivity (Wildman–Crippen MR) is 107 cm³/mol. The summed E-state index contributed by atoms with van der Waals surface area (Å²) in [6, 6.07) is 16.4. The number of hydrogen-bond acceptors (Lipinski definition) is 2. The summed E-state index contributed by atoms with van der Waals surface area (Å²) in [5.74, 6) is -0.227. The number of amides is 1. The first kappa shape index (κ1) is 17.8. The molecule has 0 aliphatic heterocycles. The monoisotopic (exact) mass is 414 g/mol. The average Bonchev–Trinajstić information content (AvgIpc) is 2.99. The number of benzene rings is 2. The number of carbonyl (C=O) groups excluding carboxylic acids is 1. The third-order valence-electron chi connectivity index (χ3n) is 3.84. The van der Waals surface area contributed by atoms with Crippen molar-refractivity contribution in [1.82, 2.24) is 4.57 Å². The van der Waals surface area contributed by atoms with E-state index in [0.717, 1.165) is 21.4 Å². The van der Waals surface area contributed by atoms with Crippen LogP contribution in [0.1, 0.15) is 19.4 Å². The van der Waals surface area contributed by atoms with Crippen LogP contribution in [0, 0.1) is 12.8 Å². The molecule has 25 heavy (non-hydrogen) atoms. The van der Waals surface area contributed by atoms with Crippen LogP contribution in [0.5, 0.6) is 0 Å². The maximum absolute atomic E-state index is 12.2. The fraction of sp³-hybridized carbons (Fsp3) is 0.200. The number of carbonyl (C=O) groups is 1. The van der Waals surface area contributed by atoms with Gasteiger partial charge in [0.25, 0.3) is 5.91 Å². The lowest BCUT2D eigenvalue weighted by Gasteiger charge is -2.10. The van der Waals surface area contributed by atoms with Crippen LogP contribution in [-0.4, -0.2) is 10.5 Å². The van der Waals surface area contributed by atoms with Crippen LogP contribution in [0.3, 0.4) is 0 Å². The van der Waals surface area contributed by atoms with Crippen LogP contribution in [0.25, 0.3) is 16.9 Å². The molecule has 0 unspecified atom stereocenters. The maximum atomic E-state index is 12.2. The minimum atomic E-state index is -0.121. The Balaban J connectivity index is 2.23. The Labute approximate surface area is 159 Å². The molecule has 128 valence electrons. The summed E-state index contributed by atoms with van der Waals surface area (Å²) in [5.41, 5.74) is 4.30.